The lowest BCUT2D eigenvalue weighted by Gasteiger charge is -2.10. The molecule has 0 aromatic heterocycles. The quantitative estimate of drug-likeness (QED) is 0.191. The van der Waals surface area contributed by atoms with Crippen LogP contribution in [0.5, 0.6) is 5.75 Å². The summed E-state index contributed by atoms with van der Waals surface area (Å²) in [6.07, 6.45) is -2.03. The van der Waals surface area contributed by atoms with Crippen molar-refractivity contribution in [2.45, 2.75) is 20.2 Å². The predicted octanol–water partition coefficient (Wildman–Crippen LogP) is 4.38. The number of Topliss-reactive ketones (excluding diaryl/α,β-unsaturated/α-hetero) is 1. The molecule has 0 fully saturated rings. The molecule has 2 rings (SSSR count). The second kappa shape index (κ2) is 13.1. The lowest BCUT2D eigenvalue weighted by atomic mass is 10.1. The zero-order valence-corrected chi connectivity index (χ0v) is 19.4. The van der Waals surface area contributed by atoms with Crippen LogP contribution < -0.4 is 4.74 Å². The first-order valence-corrected chi connectivity index (χ1v) is 10.7. The largest absolute Gasteiger partial charge is 0.573 e. The van der Waals surface area contributed by atoms with Gasteiger partial charge in [0, 0.05) is 5.56 Å². The summed E-state index contributed by atoms with van der Waals surface area (Å²) in [6.45, 7) is 2.83. The van der Waals surface area contributed by atoms with Gasteiger partial charge in [0.15, 0.2) is 18.3 Å². The fourth-order valence-electron chi connectivity index (χ4n) is 2.80. The van der Waals surface area contributed by atoms with E-state index < -0.39 is 48.3 Å². The number of halogens is 3. The third kappa shape index (κ3) is 8.90. The second-order valence-corrected chi connectivity index (χ2v) is 7.03. The van der Waals surface area contributed by atoms with Gasteiger partial charge < -0.3 is 18.9 Å². The first-order chi connectivity index (χ1) is 17.0. The van der Waals surface area contributed by atoms with E-state index in [2.05, 4.69) is 4.74 Å². The SMILES string of the molecule is CCOC(=O)C(C=Cc1ccc(C(=O)COC(=O)c2ccc(OC(F)(F)F)cc2)cc1)C(=O)OCC. The molecule has 8 nitrogen and oxygen atoms in total. The third-order valence-corrected chi connectivity index (χ3v) is 4.45. The smallest absolute Gasteiger partial charge is 0.465 e. The van der Waals surface area contributed by atoms with E-state index in [0.717, 1.165) is 24.3 Å². The molecule has 0 spiro atoms. The van der Waals surface area contributed by atoms with Gasteiger partial charge in [-0.1, -0.05) is 36.4 Å². The molecule has 0 aliphatic rings. The Labute approximate surface area is 204 Å². The Kier molecular flexibility index (Phi) is 10.2. The first kappa shape index (κ1) is 28.1. The summed E-state index contributed by atoms with van der Waals surface area (Å²) in [6, 6.07) is 10.1. The Morgan fingerprint density at radius 2 is 1.33 bits per heavy atom. The van der Waals surface area contributed by atoms with Crippen molar-refractivity contribution >= 4 is 29.8 Å². The van der Waals surface area contributed by atoms with Gasteiger partial charge >= 0.3 is 24.3 Å². The van der Waals surface area contributed by atoms with Crippen LogP contribution in [0, 0.1) is 5.92 Å². The molecule has 0 atom stereocenters. The molecule has 36 heavy (non-hydrogen) atoms. The highest BCUT2D eigenvalue weighted by Gasteiger charge is 2.31. The minimum Gasteiger partial charge on any atom is -0.465 e. The van der Waals surface area contributed by atoms with Gasteiger partial charge in [-0.3, -0.25) is 14.4 Å². The lowest BCUT2D eigenvalue weighted by Crippen LogP contribution is -2.26. The van der Waals surface area contributed by atoms with Crippen molar-refractivity contribution in [1.29, 1.82) is 0 Å². The van der Waals surface area contributed by atoms with Gasteiger partial charge in [-0.15, -0.1) is 13.2 Å². The summed E-state index contributed by atoms with van der Waals surface area (Å²) >= 11 is 0. The van der Waals surface area contributed by atoms with Crippen LogP contribution in [-0.4, -0.2) is 49.9 Å². The van der Waals surface area contributed by atoms with E-state index in [4.69, 9.17) is 14.2 Å². The van der Waals surface area contributed by atoms with E-state index in [0.29, 0.717) is 5.56 Å². The molecule has 0 aliphatic carbocycles. The van der Waals surface area contributed by atoms with Gasteiger partial charge in [-0.25, -0.2) is 4.79 Å². The molecule has 192 valence electrons. The van der Waals surface area contributed by atoms with E-state index in [-0.39, 0.29) is 24.3 Å². The Hall–Kier alpha value is -4.15. The molecular formula is C25H23F3O8. The molecule has 2 aromatic carbocycles. The lowest BCUT2D eigenvalue weighted by molar-refractivity contribution is -0.274. The monoisotopic (exact) mass is 508 g/mol. The average Bonchev–Trinajstić information content (AvgIpc) is 2.82. The van der Waals surface area contributed by atoms with Crippen molar-refractivity contribution in [1.82, 2.24) is 0 Å². The number of ether oxygens (including phenoxy) is 4. The van der Waals surface area contributed by atoms with Crippen LogP contribution in [0.1, 0.15) is 40.1 Å². The standard InChI is InChI=1S/C25H23F3O8/c1-3-33-23(31)20(24(32)34-4-2)14-7-16-5-8-17(9-6-16)21(29)15-35-22(30)18-10-12-19(13-11-18)36-25(26,27)28/h5-14,20H,3-4,15H2,1-2H3. The predicted molar refractivity (Wildman–Crippen MR) is 120 cm³/mol. The number of ketones is 1. The first-order valence-electron chi connectivity index (χ1n) is 10.7. The number of carbonyl (C=O) groups is 4. The molecule has 0 radical (unpaired) electrons. The number of carbonyl (C=O) groups excluding carboxylic acids is 4. The van der Waals surface area contributed by atoms with E-state index >= 15 is 0 Å². The molecule has 0 aliphatic heterocycles. The number of hydrogen-bond donors (Lipinski definition) is 0. The van der Waals surface area contributed by atoms with Crippen LogP contribution in [0.15, 0.2) is 54.6 Å². The van der Waals surface area contributed by atoms with Gasteiger partial charge in [0.25, 0.3) is 0 Å². The maximum Gasteiger partial charge on any atom is 0.573 e. The van der Waals surface area contributed by atoms with Crippen LogP contribution in [0.3, 0.4) is 0 Å². The minimum absolute atomic E-state index is 0.0597. The van der Waals surface area contributed by atoms with E-state index in [9.17, 15) is 32.3 Å². The number of alkyl halides is 3. The molecule has 11 heteroatoms. The topological polar surface area (TPSA) is 105 Å². The number of esters is 3. The Morgan fingerprint density at radius 1 is 0.806 bits per heavy atom. The van der Waals surface area contributed by atoms with Crippen LogP contribution in [0.25, 0.3) is 6.08 Å². The van der Waals surface area contributed by atoms with Gasteiger partial charge in [-0.05, 0) is 43.7 Å². The maximum atomic E-state index is 12.3. The Bertz CT molecular complexity index is 1070. The van der Waals surface area contributed by atoms with Crippen LogP contribution in [-0.2, 0) is 23.8 Å². The summed E-state index contributed by atoms with van der Waals surface area (Å²) in [5.74, 6) is -4.65. The van der Waals surface area contributed by atoms with Gasteiger partial charge in [0.1, 0.15) is 5.75 Å². The minimum atomic E-state index is -4.86. The van der Waals surface area contributed by atoms with E-state index in [1.54, 1.807) is 26.0 Å². The molecule has 0 amide bonds. The summed E-state index contributed by atoms with van der Waals surface area (Å²) in [5.41, 5.74) is 0.736. The summed E-state index contributed by atoms with van der Waals surface area (Å²) in [7, 11) is 0. The van der Waals surface area contributed by atoms with Crippen molar-refractivity contribution in [2.75, 3.05) is 19.8 Å². The van der Waals surface area contributed by atoms with E-state index in [1.165, 1.54) is 24.3 Å². The fourth-order valence-corrected chi connectivity index (χ4v) is 2.80. The number of hydrogen-bond acceptors (Lipinski definition) is 8. The molecule has 0 saturated heterocycles. The highest BCUT2D eigenvalue weighted by atomic mass is 19.4. The summed E-state index contributed by atoms with van der Waals surface area (Å²) in [4.78, 5) is 48.4. The molecule has 0 heterocycles. The van der Waals surface area contributed by atoms with Crippen molar-refractivity contribution < 1.29 is 51.3 Å². The number of benzene rings is 2. The Balaban J connectivity index is 1.96. The van der Waals surface area contributed by atoms with Crippen LogP contribution in [0.4, 0.5) is 13.2 Å². The molecule has 0 bridgehead atoms. The van der Waals surface area contributed by atoms with Crippen LogP contribution >= 0.6 is 0 Å². The van der Waals surface area contributed by atoms with Crippen molar-refractivity contribution in [3.63, 3.8) is 0 Å². The average molecular weight is 508 g/mol. The third-order valence-electron chi connectivity index (χ3n) is 4.45. The van der Waals surface area contributed by atoms with Crippen molar-refractivity contribution in [3.05, 3.63) is 71.3 Å². The fraction of sp³-hybridized carbons (Fsp3) is 0.280. The zero-order chi connectivity index (χ0) is 26.7. The molecule has 0 saturated carbocycles. The highest BCUT2D eigenvalue weighted by Crippen LogP contribution is 2.23. The Morgan fingerprint density at radius 3 is 1.83 bits per heavy atom. The zero-order valence-electron chi connectivity index (χ0n) is 19.4. The van der Waals surface area contributed by atoms with Gasteiger partial charge in [0.05, 0.1) is 18.8 Å². The molecule has 2 aromatic rings. The molecule has 0 N–H and O–H groups in total. The normalized spacial score (nSPS) is 11.3. The molecule has 0 unspecified atom stereocenters. The summed E-state index contributed by atoms with van der Waals surface area (Å²) in [5, 5.41) is 0. The van der Waals surface area contributed by atoms with Gasteiger partial charge in [-0.2, -0.15) is 0 Å². The second-order valence-electron chi connectivity index (χ2n) is 7.03. The van der Waals surface area contributed by atoms with E-state index in [1.807, 2.05) is 0 Å². The van der Waals surface area contributed by atoms with Crippen LogP contribution in [0.2, 0.25) is 0 Å². The van der Waals surface area contributed by atoms with Crippen molar-refractivity contribution in [2.24, 2.45) is 5.92 Å². The summed E-state index contributed by atoms with van der Waals surface area (Å²) < 4.78 is 55.0. The number of rotatable bonds is 11. The molecular weight excluding hydrogens is 485 g/mol. The highest BCUT2D eigenvalue weighted by molar-refractivity contribution is 6.00. The van der Waals surface area contributed by atoms with Crippen molar-refractivity contribution in [3.8, 4) is 5.75 Å². The van der Waals surface area contributed by atoms with Gasteiger partial charge in [0.2, 0.25) is 0 Å². The maximum absolute atomic E-state index is 12.3.